The average Bonchev–Trinajstić information content (AvgIpc) is 3.38. The molecule has 1 heterocycles. The molecule has 0 aliphatic carbocycles. The second-order valence-corrected chi connectivity index (χ2v) is 11.8. The fourth-order valence-corrected chi connectivity index (χ4v) is 6.37. The molecular weight excluding hydrogens is 533 g/mol. The summed E-state index contributed by atoms with van der Waals surface area (Å²) in [6.45, 7) is 8.62. The number of hydrogen-bond donors (Lipinski definition) is 0. The molecule has 7 rings (SSSR count). The van der Waals surface area contributed by atoms with E-state index in [2.05, 4.69) is 188 Å². The van der Waals surface area contributed by atoms with E-state index in [0.29, 0.717) is 0 Å². The lowest BCUT2D eigenvalue weighted by molar-refractivity contribution is 1.27. The van der Waals surface area contributed by atoms with Gasteiger partial charge in [0, 0.05) is 28.4 Å². The van der Waals surface area contributed by atoms with Crippen LogP contribution in [0.5, 0.6) is 0 Å². The van der Waals surface area contributed by atoms with E-state index in [1.54, 1.807) is 0 Å². The van der Waals surface area contributed by atoms with Crippen LogP contribution < -0.4 is 20.0 Å². The Labute approximate surface area is 261 Å². The van der Waals surface area contributed by atoms with Crippen LogP contribution in [0.2, 0.25) is 0 Å². The van der Waals surface area contributed by atoms with E-state index < -0.39 is 0 Å². The maximum Gasteiger partial charge on any atom is 0.420 e. The molecular formula is C40H36BN3. The first-order chi connectivity index (χ1) is 21.5. The van der Waals surface area contributed by atoms with Crippen LogP contribution in [-0.2, 0) is 0 Å². The number of fused-ring (bicyclic) bond motifs is 1. The summed E-state index contributed by atoms with van der Waals surface area (Å²) in [7, 11) is 0. The van der Waals surface area contributed by atoms with Crippen LogP contribution in [0.15, 0.2) is 146 Å². The molecule has 0 amide bonds. The Morgan fingerprint density at radius 2 is 0.727 bits per heavy atom. The van der Waals surface area contributed by atoms with E-state index in [9.17, 15) is 0 Å². The highest BCUT2D eigenvalue weighted by atomic mass is 15.3. The molecule has 0 saturated heterocycles. The van der Waals surface area contributed by atoms with Crippen molar-refractivity contribution in [1.82, 2.24) is 0 Å². The molecule has 0 atom stereocenters. The minimum absolute atomic E-state index is 0.0594. The Kier molecular flexibility index (Phi) is 7.19. The smallest absolute Gasteiger partial charge is 0.360 e. The molecule has 214 valence electrons. The van der Waals surface area contributed by atoms with Crippen LogP contribution >= 0.6 is 0 Å². The lowest BCUT2D eigenvalue weighted by atomic mass is 9.64. The lowest BCUT2D eigenvalue weighted by Gasteiger charge is -2.32. The number of rotatable bonds is 6. The SMILES string of the molecule is Cc1ccc(N(c2ccc(C)cc2)c2ccc(B3N(c4ccccc4C)c4ccccc4N3c3ccccc3C)cc2)cc1. The quantitative estimate of drug-likeness (QED) is 0.185. The Balaban J connectivity index is 1.38. The third kappa shape index (κ3) is 4.93. The third-order valence-electron chi connectivity index (χ3n) is 8.67. The third-order valence-corrected chi connectivity index (χ3v) is 8.67. The minimum Gasteiger partial charge on any atom is -0.360 e. The van der Waals surface area contributed by atoms with Gasteiger partial charge in [-0.15, -0.1) is 0 Å². The lowest BCUT2D eigenvalue weighted by Crippen LogP contribution is -2.53. The van der Waals surface area contributed by atoms with Gasteiger partial charge in [-0.25, -0.2) is 0 Å². The van der Waals surface area contributed by atoms with Crippen molar-refractivity contribution in [3.05, 3.63) is 168 Å². The molecule has 4 heteroatoms. The summed E-state index contributed by atoms with van der Waals surface area (Å²) in [5.41, 5.74) is 14.5. The molecule has 6 aromatic carbocycles. The van der Waals surface area contributed by atoms with Crippen LogP contribution in [-0.4, -0.2) is 6.98 Å². The highest BCUT2D eigenvalue weighted by Crippen LogP contribution is 2.47. The molecule has 44 heavy (non-hydrogen) atoms. The predicted molar refractivity (Wildman–Crippen MR) is 189 cm³/mol. The van der Waals surface area contributed by atoms with Crippen molar-refractivity contribution < 1.29 is 0 Å². The van der Waals surface area contributed by atoms with E-state index in [-0.39, 0.29) is 6.98 Å². The summed E-state index contributed by atoms with van der Waals surface area (Å²) < 4.78 is 0. The molecule has 0 fully saturated rings. The summed E-state index contributed by atoms with van der Waals surface area (Å²) in [6, 6.07) is 52.9. The first-order valence-corrected chi connectivity index (χ1v) is 15.3. The van der Waals surface area contributed by atoms with Crippen LogP contribution in [0.25, 0.3) is 0 Å². The summed E-state index contributed by atoms with van der Waals surface area (Å²) in [4.78, 5) is 7.35. The van der Waals surface area contributed by atoms with E-state index in [1.807, 2.05) is 0 Å². The maximum atomic E-state index is 2.50. The van der Waals surface area contributed by atoms with Crippen LogP contribution in [0.3, 0.4) is 0 Å². The topological polar surface area (TPSA) is 9.72 Å². The van der Waals surface area contributed by atoms with Crippen LogP contribution in [0, 0.1) is 27.7 Å². The second kappa shape index (κ2) is 11.5. The zero-order chi connectivity index (χ0) is 30.2. The predicted octanol–water partition coefficient (Wildman–Crippen LogP) is 10.1. The van der Waals surface area contributed by atoms with E-state index in [0.717, 1.165) is 17.1 Å². The molecule has 6 aromatic rings. The largest absolute Gasteiger partial charge is 0.420 e. The first-order valence-electron chi connectivity index (χ1n) is 15.3. The standard InChI is InChI=1S/C40H36BN3/c1-29-17-23-34(24-18-29)42(35-25-19-30(2)20-26-35)36-27-21-33(22-28-36)41-43(37-13-7-5-11-31(37)3)39-15-9-10-16-40(39)44(41)38-14-8-6-12-32(38)4/h5-28H,1-4H3. The normalized spacial score (nSPS) is 12.4. The van der Waals surface area contributed by atoms with Gasteiger partial charge in [0.2, 0.25) is 0 Å². The van der Waals surface area contributed by atoms with Crippen LogP contribution in [0.4, 0.5) is 39.8 Å². The van der Waals surface area contributed by atoms with Crippen molar-refractivity contribution in [2.24, 2.45) is 0 Å². The Bertz CT molecular complexity index is 1800. The molecule has 0 unspecified atom stereocenters. The minimum atomic E-state index is -0.0594. The number of benzene rings is 6. The van der Waals surface area contributed by atoms with Gasteiger partial charge in [-0.3, -0.25) is 0 Å². The van der Waals surface area contributed by atoms with Gasteiger partial charge in [-0.05, 0) is 105 Å². The van der Waals surface area contributed by atoms with Crippen molar-refractivity contribution in [3.63, 3.8) is 0 Å². The fraction of sp³-hybridized carbons (Fsp3) is 0.100. The molecule has 0 aromatic heterocycles. The molecule has 1 aliphatic heterocycles. The summed E-state index contributed by atoms with van der Waals surface area (Å²) in [5, 5.41) is 0. The van der Waals surface area contributed by atoms with Gasteiger partial charge in [-0.2, -0.15) is 0 Å². The molecule has 0 spiro atoms. The molecule has 0 bridgehead atoms. The number of para-hydroxylation sites is 4. The zero-order valence-electron chi connectivity index (χ0n) is 25.8. The average molecular weight is 570 g/mol. The number of aryl methyl sites for hydroxylation is 4. The molecule has 0 saturated carbocycles. The van der Waals surface area contributed by atoms with Crippen molar-refractivity contribution >= 4 is 52.3 Å². The second-order valence-electron chi connectivity index (χ2n) is 11.8. The maximum absolute atomic E-state index is 2.50. The summed E-state index contributed by atoms with van der Waals surface area (Å²) >= 11 is 0. The number of anilines is 7. The van der Waals surface area contributed by atoms with Gasteiger partial charge >= 0.3 is 6.98 Å². The Morgan fingerprint density at radius 1 is 0.386 bits per heavy atom. The Morgan fingerprint density at radius 3 is 1.11 bits per heavy atom. The van der Waals surface area contributed by atoms with E-state index in [4.69, 9.17) is 0 Å². The monoisotopic (exact) mass is 569 g/mol. The van der Waals surface area contributed by atoms with Gasteiger partial charge in [0.05, 0.1) is 11.4 Å². The molecule has 0 radical (unpaired) electrons. The van der Waals surface area contributed by atoms with Crippen molar-refractivity contribution in [2.45, 2.75) is 27.7 Å². The highest BCUT2D eigenvalue weighted by Gasteiger charge is 2.44. The van der Waals surface area contributed by atoms with Gasteiger partial charge in [0.25, 0.3) is 0 Å². The van der Waals surface area contributed by atoms with Gasteiger partial charge in [-0.1, -0.05) is 96.1 Å². The van der Waals surface area contributed by atoms with Crippen molar-refractivity contribution in [3.8, 4) is 0 Å². The van der Waals surface area contributed by atoms with Crippen molar-refractivity contribution in [1.29, 1.82) is 0 Å². The van der Waals surface area contributed by atoms with Gasteiger partial charge < -0.3 is 14.5 Å². The zero-order valence-corrected chi connectivity index (χ0v) is 25.8. The van der Waals surface area contributed by atoms with E-state index in [1.165, 1.54) is 50.5 Å². The highest BCUT2D eigenvalue weighted by molar-refractivity contribution is 6.84. The molecule has 0 N–H and O–H groups in total. The van der Waals surface area contributed by atoms with E-state index >= 15 is 0 Å². The summed E-state index contributed by atoms with van der Waals surface area (Å²) in [6.07, 6.45) is 0. The van der Waals surface area contributed by atoms with Gasteiger partial charge in [0.1, 0.15) is 0 Å². The number of nitrogens with zero attached hydrogens (tertiary/aromatic N) is 3. The van der Waals surface area contributed by atoms with Crippen LogP contribution in [0.1, 0.15) is 22.3 Å². The molecule has 1 aliphatic rings. The number of hydrogen-bond acceptors (Lipinski definition) is 3. The fourth-order valence-electron chi connectivity index (χ4n) is 6.37. The van der Waals surface area contributed by atoms with Gasteiger partial charge in [0.15, 0.2) is 0 Å². The molecule has 3 nitrogen and oxygen atoms in total. The Hall–Kier alpha value is -5.22. The van der Waals surface area contributed by atoms with Crippen molar-refractivity contribution in [2.75, 3.05) is 14.5 Å². The summed E-state index contributed by atoms with van der Waals surface area (Å²) in [5.74, 6) is 0. The first kappa shape index (κ1) is 27.6.